The molecule has 47 heavy (non-hydrogen) atoms. The van der Waals surface area contributed by atoms with Gasteiger partial charge in [-0.1, -0.05) is 22.6 Å². The van der Waals surface area contributed by atoms with Crippen LogP contribution < -0.4 is 29.6 Å². The Bertz CT molecular complexity index is 858. The number of esters is 3. The Kier molecular flexibility index (Phi) is 26.6. The summed E-state index contributed by atoms with van der Waals surface area (Å²) >= 11 is 2.44. The minimum Gasteiger partial charge on any atom is -1.00 e. The van der Waals surface area contributed by atoms with Gasteiger partial charge in [-0.25, -0.2) is 14.4 Å². The molecule has 3 aliphatic carbocycles. The minimum absolute atomic E-state index is 0. The van der Waals surface area contributed by atoms with Crippen molar-refractivity contribution in [2.24, 2.45) is 0 Å². The second-order valence-corrected chi connectivity index (χ2v) is 13.1. The van der Waals surface area contributed by atoms with Crippen LogP contribution in [-0.4, -0.2) is 104 Å². The first-order valence-electron chi connectivity index (χ1n) is 16.7. The van der Waals surface area contributed by atoms with Crippen LogP contribution in [0.1, 0.15) is 120 Å². The number of halogens is 1. The Hall–Kier alpha value is -0.285. The maximum atomic E-state index is 11.9. The number of carbonyl (C=O) groups is 4. The van der Waals surface area contributed by atoms with Crippen LogP contribution in [0.4, 0.5) is 0 Å². The first-order chi connectivity index (χ1) is 21.4. The van der Waals surface area contributed by atoms with Gasteiger partial charge in [0.15, 0.2) is 16.8 Å². The van der Waals surface area contributed by atoms with Gasteiger partial charge < -0.3 is 35.0 Å². The van der Waals surface area contributed by atoms with E-state index in [2.05, 4.69) is 22.6 Å². The zero-order valence-electron chi connectivity index (χ0n) is 30.9. The van der Waals surface area contributed by atoms with E-state index in [4.69, 9.17) is 28.4 Å². The van der Waals surface area contributed by atoms with Crippen LogP contribution in [0.25, 0.3) is 0 Å². The van der Waals surface area contributed by atoms with Crippen molar-refractivity contribution >= 4 is 54.7 Å². The molecule has 0 spiro atoms. The van der Waals surface area contributed by atoms with Crippen molar-refractivity contribution in [1.82, 2.24) is 0 Å². The molecule has 267 valence electrons. The van der Waals surface area contributed by atoms with Crippen molar-refractivity contribution in [3.8, 4) is 0 Å². The summed E-state index contributed by atoms with van der Waals surface area (Å²) in [6.45, 7) is 13.7. The van der Waals surface area contributed by atoms with Gasteiger partial charge in [0, 0.05) is 45.0 Å². The van der Waals surface area contributed by atoms with Crippen molar-refractivity contribution in [1.29, 1.82) is 0 Å². The fraction of sp³-hybridized carbons (Fsp3) is 0.879. The molecule has 0 atom stereocenters. The van der Waals surface area contributed by atoms with Gasteiger partial charge in [-0.15, -0.1) is 0 Å². The van der Waals surface area contributed by atoms with E-state index in [1.54, 1.807) is 13.8 Å². The van der Waals surface area contributed by atoms with E-state index < -0.39 is 16.8 Å². The van der Waals surface area contributed by atoms with E-state index in [1.807, 2.05) is 27.7 Å². The van der Waals surface area contributed by atoms with Gasteiger partial charge in [-0.3, -0.25) is 4.79 Å². The van der Waals surface area contributed by atoms with Gasteiger partial charge in [0.1, 0.15) is 5.78 Å². The van der Waals surface area contributed by atoms with E-state index in [1.165, 1.54) is 0 Å². The molecule has 0 aromatic rings. The number of carbonyl (C=O) groups excluding carboxylic acids is 4. The molecule has 11 nitrogen and oxygen atoms in total. The van der Waals surface area contributed by atoms with Gasteiger partial charge >= 0.3 is 47.5 Å². The molecule has 0 aliphatic heterocycles. The van der Waals surface area contributed by atoms with E-state index in [9.17, 15) is 24.3 Å². The van der Waals surface area contributed by atoms with Crippen LogP contribution in [0, 0.1) is 0 Å². The summed E-state index contributed by atoms with van der Waals surface area (Å²) in [6.07, 6.45) is 7.46. The van der Waals surface area contributed by atoms with E-state index in [0.717, 1.165) is 25.7 Å². The molecule has 0 unspecified atom stereocenters. The first kappa shape index (κ1) is 48.8. The zero-order chi connectivity index (χ0) is 33.9. The van der Waals surface area contributed by atoms with Crippen molar-refractivity contribution in [3.05, 3.63) is 0 Å². The van der Waals surface area contributed by atoms with E-state index in [0.29, 0.717) is 94.9 Å². The second kappa shape index (κ2) is 25.6. The normalized spacial score (nSPS) is 26.3. The fourth-order valence-corrected chi connectivity index (χ4v) is 6.51. The predicted molar refractivity (Wildman–Crippen MR) is 184 cm³/mol. The van der Waals surface area contributed by atoms with Crippen molar-refractivity contribution in [2.45, 2.75) is 145 Å². The average molecular weight is 792 g/mol. The molecule has 3 rings (SSSR count). The molecule has 0 saturated heterocycles. The largest absolute Gasteiger partial charge is 1.00 e. The van der Waals surface area contributed by atoms with Crippen LogP contribution >= 0.6 is 22.6 Å². The van der Waals surface area contributed by atoms with Gasteiger partial charge in [0.2, 0.25) is 0 Å². The molecule has 3 saturated carbocycles. The smallest absolute Gasteiger partial charge is 1.00 e. The summed E-state index contributed by atoms with van der Waals surface area (Å²) in [6, 6.07) is 0. The molecule has 0 amide bonds. The van der Waals surface area contributed by atoms with Crippen LogP contribution in [0.15, 0.2) is 0 Å². The predicted octanol–water partition coefficient (Wildman–Crippen LogP) is 2.17. The van der Waals surface area contributed by atoms with E-state index in [-0.39, 0.29) is 69.2 Å². The third-order valence-electron chi connectivity index (χ3n) is 8.31. The first-order valence-corrected chi connectivity index (χ1v) is 17.9. The molecule has 3 radical (unpaired) electrons. The number of aliphatic hydroxyl groups is 1. The van der Waals surface area contributed by atoms with Crippen molar-refractivity contribution in [2.75, 3.05) is 39.6 Å². The Balaban J connectivity index is -0.000000614. The summed E-state index contributed by atoms with van der Waals surface area (Å²) in [7, 11) is 0. The minimum atomic E-state index is -0.862. The van der Waals surface area contributed by atoms with Crippen molar-refractivity contribution in [3.63, 3.8) is 0 Å². The molecule has 0 aromatic carbocycles. The molecule has 0 heterocycles. The Labute approximate surface area is 321 Å². The molecular formula is C33H58BINaO11. The number of aliphatic hydroxyl groups excluding tert-OH is 1. The average Bonchev–Trinajstić information content (AvgIpc) is 3.02. The standard InChI is InChI=1S/C11H19IO3.C11H20O4.C11H18O4.B.Na.H/c3*1-3-14-10(13)11(15-4-2)7-5-9(12)6-8-11;;;/h9H,3-8H2,1-2H3;9,12H,3-8H2,1-2H3;3-8H2,1-2H3;;;/q;;;;+1;-1. The quantitative estimate of drug-likeness (QED) is 0.102. The summed E-state index contributed by atoms with van der Waals surface area (Å²) in [5.74, 6) is -0.567. The number of alkyl halides is 1. The molecule has 14 heteroatoms. The summed E-state index contributed by atoms with van der Waals surface area (Å²) < 4.78 is 32.5. The summed E-state index contributed by atoms with van der Waals surface area (Å²) in [5, 5.41) is 9.41. The third kappa shape index (κ3) is 15.6. The maximum absolute atomic E-state index is 11.9. The number of ether oxygens (including phenoxy) is 6. The Morgan fingerprint density at radius 2 is 0.936 bits per heavy atom. The van der Waals surface area contributed by atoms with Crippen molar-refractivity contribution < 1.29 is 83.7 Å². The summed E-state index contributed by atoms with van der Waals surface area (Å²) in [4.78, 5) is 46.5. The number of hydrogen-bond acceptors (Lipinski definition) is 11. The molecule has 0 bridgehead atoms. The van der Waals surface area contributed by atoms with Gasteiger partial charge in [0.05, 0.1) is 25.9 Å². The molecular weight excluding hydrogens is 733 g/mol. The number of rotatable bonds is 12. The zero-order valence-corrected chi connectivity index (χ0v) is 34.0. The molecule has 1 N–H and O–H groups in total. The van der Waals surface area contributed by atoms with Gasteiger partial charge in [0.25, 0.3) is 0 Å². The fourth-order valence-electron chi connectivity index (χ4n) is 5.89. The molecule has 0 aromatic heterocycles. The van der Waals surface area contributed by atoms with Gasteiger partial charge in [-0.2, -0.15) is 0 Å². The van der Waals surface area contributed by atoms with Crippen LogP contribution in [0.2, 0.25) is 0 Å². The number of Topliss-reactive ketones (excluding diaryl/α,β-unsaturated/α-hetero) is 1. The third-order valence-corrected chi connectivity index (χ3v) is 9.55. The Morgan fingerprint density at radius 3 is 1.23 bits per heavy atom. The van der Waals surface area contributed by atoms with E-state index >= 15 is 0 Å². The summed E-state index contributed by atoms with van der Waals surface area (Å²) in [5.41, 5.74) is -2.31. The van der Waals surface area contributed by atoms with Crippen LogP contribution in [-0.2, 0) is 47.6 Å². The monoisotopic (exact) mass is 791 g/mol. The van der Waals surface area contributed by atoms with Crippen LogP contribution in [0.5, 0.6) is 0 Å². The number of hydrogen-bond donors (Lipinski definition) is 1. The second-order valence-electron chi connectivity index (χ2n) is 11.4. The van der Waals surface area contributed by atoms with Crippen LogP contribution in [0.3, 0.4) is 0 Å². The molecule has 3 aliphatic rings. The maximum Gasteiger partial charge on any atom is 1.00 e. The topological polar surface area (TPSA) is 144 Å². The molecule has 3 fully saturated rings. The number of ketones is 1. The SMILES string of the molecule is CCOC(=O)C1(OCC)CCC(=O)CC1.CCOC(=O)C1(OCC)CCC(I)CC1.CCOC(=O)C1(OCC)CCC(O)CC1.[B].[H-].[Na+]. The van der Waals surface area contributed by atoms with Gasteiger partial charge in [-0.05, 0) is 106 Å². The Morgan fingerprint density at radius 1 is 0.638 bits per heavy atom.